The van der Waals surface area contributed by atoms with E-state index in [1.165, 1.54) is 11.1 Å². The summed E-state index contributed by atoms with van der Waals surface area (Å²) >= 11 is 0. The van der Waals surface area contributed by atoms with Gasteiger partial charge in [-0.05, 0) is 43.0 Å². The molecule has 0 aliphatic rings. The van der Waals surface area contributed by atoms with Crippen molar-refractivity contribution in [2.75, 3.05) is 17.2 Å². The fraction of sp³-hybridized carbons (Fsp3) is 0.333. The highest BCUT2D eigenvalue weighted by Gasteiger charge is 2.08. The Balaban J connectivity index is 2.14. The van der Waals surface area contributed by atoms with Crippen LogP contribution in [0.4, 0.5) is 22.0 Å². The van der Waals surface area contributed by atoms with Crippen LogP contribution in [0.1, 0.15) is 31.9 Å². The van der Waals surface area contributed by atoms with Gasteiger partial charge in [-0.1, -0.05) is 32.0 Å². The molecule has 0 unspecified atom stereocenters. The molecule has 1 aromatic carbocycles. The summed E-state index contributed by atoms with van der Waals surface area (Å²) in [4.78, 5) is 15.7. The minimum atomic E-state index is -0.473. The monoisotopic (exact) mass is 313 g/mol. The van der Waals surface area contributed by atoms with Gasteiger partial charge in [-0.15, -0.1) is 0 Å². The average molecular weight is 313 g/mol. The Morgan fingerprint density at radius 2 is 1.78 bits per heavy atom. The van der Waals surface area contributed by atoms with E-state index < -0.39 is 6.09 Å². The standard InChI is InChI=1S/C18H23N3O2/c1-4-13-8-7-9-14(5-2)17(13)21-16-11-10-15(12-19-16)20-18(22)23-6-3/h7-12H,4-6H2,1-3H3,(H,19,21)(H,20,22). The maximum atomic E-state index is 11.4. The van der Waals surface area contributed by atoms with Crippen molar-refractivity contribution in [1.82, 2.24) is 4.98 Å². The van der Waals surface area contributed by atoms with Crippen molar-refractivity contribution < 1.29 is 9.53 Å². The molecule has 2 rings (SSSR count). The lowest BCUT2D eigenvalue weighted by atomic mass is 10.0. The minimum absolute atomic E-state index is 0.340. The SMILES string of the molecule is CCOC(=O)Nc1ccc(Nc2c(CC)cccc2CC)nc1. The molecular formula is C18H23N3O2. The first-order valence-electron chi connectivity index (χ1n) is 7.95. The number of pyridine rings is 1. The number of rotatable bonds is 6. The van der Waals surface area contributed by atoms with Crippen LogP contribution in [-0.4, -0.2) is 17.7 Å². The lowest BCUT2D eigenvalue weighted by Crippen LogP contribution is -2.13. The number of hydrogen-bond donors (Lipinski definition) is 2. The maximum Gasteiger partial charge on any atom is 0.411 e. The molecule has 1 amide bonds. The molecule has 5 heteroatoms. The number of para-hydroxylation sites is 1. The van der Waals surface area contributed by atoms with Crippen LogP contribution in [-0.2, 0) is 17.6 Å². The van der Waals surface area contributed by atoms with Crippen molar-refractivity contribution in [2.45, 2.75) is 33.6 Å². The van der Waals surface area contributed by atoms with Gasteiger partial charge < -0.3 is 10.1 Å². The van der Waals surface area contributed by atoms with Gasteiger partial charge in [0.2, 0.25) is 0 Å². The highest BCUT2D eigenvalue weighted by molar-refractivity contribution is 5.84. The molecule has 2 aromatic rings. The average Bonchev–Trinajstić information content (AvgIpc) is 2.57. The summed E-state index contributed by atoms with van der Waals surface area (Å²) in [5.41, 5.74) is 4.25. The number of nitrogens with one attached hydrogen (secondary N) is 2. The Kier molecular flexibility index (Phi) is 5.97. The molecule has 0 radical (unpaired) electrons. The van der Waals surface area contributed by atoms with E-state index in [4.69, 9.17) is 4.74 Å². The van der Waals surface area contributed by atoms with Crippen LogP contribution in [0.25, 0.3) is 0 Å². The summed E-state index contributed by atoms with van der Waals surface area (Å²) in [5.74, 6) is 0.745. The zero-order chi connectivity index (χ0) is 16.7. The second-order valence-electron chi connectivity index (χ2n) is 5.06. The summed E-state index contributed by atoms with van der Waals surface area (Å²) in [6.07, 6.45) is 3.05. The summed E-state index contributed by atoms with van der Waals surface area (Å²) in [5, 5.41) is 6.02. The Bertz CT molecular complexity index is 632. The number of aromatic nitrogens is 1. The van der Waals surface area contributed by atoms with E-state index >= 15 is 0 Å². The van der Waals surface area contributed by atoms with Crippen molar-refractivity contribution in [3.05, 3.63) is 47.7 Å². The molecular weight excluding hydrogens is 290 g/mol. The van der Waals surface area contributed by atoms with Gasteiger partial charge in [-0.3, -0.25) is 5.32 Å². The van der Waals surface area contributed by atoms with E-state index in [0.29, 0.717) is 12.3 Å². The number of ether oxygens (including phenoxy) is 1. The van der Waals surface area contributed by atoms with E-state index in [1.54, 1.807) is 19.2 Å². The van der Waals surface area contributed by atoms with Crippen LogP contribution >= 0.6 is 0 Å². The lowest BCUT2D eigenvalue weighted by Gasteiger charge is -2.15. The number of amides is 1. The third-order valence-electron chi connectivity index (χ3n) is 3.54. The highest BCUT2D eigenvalue weighted by atomic mass is 16.5. The molecule has 0 aliphatic heterocycles. The van der Waals surface area contributed by atoms with Gasteiger partial charge in [0.15, 0.2) is 0 Å². The van der Waals surface area contributed by atoms with Gasteiger partial charge in [0, 0.05) is 5.69 Å². The number of carbonyl (C=O) groups is 1. The first-order valence-corrected chi connectivity index (χ1v) is 7.95. The van der Waals surface area contributed by atoms with Crippen molar-refractivity contribution in [2.24, 2.45) is 0 Å². The van der Waals surface area contributed by atoms with E-state index in [1.807, 2.05) is 6.07 Å². The summed E-state index contributed by atoms with van der Waals surface area (Å²) < 4.78 is 4.84. The molecule has 0 atom stereocenters. The molecule has 2 N–H and O–H groups in total. The molecule has 23 heavy (non-hydrogen) atoms. The Morgan fingerprint density at radius 1 is 1.09 bits per heavy atom. The molecule has 5 nitrogen and oxygen atoms in total. The third kappa shape index (κ3) is 4.45. The predicted octanol–water partition coefficient (Wildman–Crippen LogP) is 4.52. The normalized spacial score (nSPS) is 10.2. The first kappa shape index (κ1) is 16.8. The van der Waals surface area contributed by atoms with Gasteiger partial charge in [0.25, 0.3) is 0 Å². The molecule has 0 saturated carbocycles. The molecule has 0 saturated heterocycles. The fourth-order valence-corrected chi connectivity index (χ4v) is 2.36. The van der Waals surface area contributed by atoms with E-state index in [2.05, 4.69) is 47.7 Å². The zero-order valence-electron chi connectivity index (χ0n) is 13.8. The summed E-state index contributed by atoms with van der Waals surface area (Å²) in [7, 11) is 0. The molecule has 0 aliphatic carbocycles. The van der Waals surface area contributed by atoms with Gasteiger partial charge >= 0.3 is 6.09 Å². The van der Waals surface area contributed by atoms with Gasteiger partial charge in [-0.25, -0.2) is 9.78 Å². The lowest BCUT2D eigenvalue weighted by molar-refractivity contribution is 0.168. The molecule has 0 fully saturated rings. The number of aryl methyl sites for hydroxylation is 2. The number of carbonyl (C=O) groups excluding carboxylic acids is 1. The highest BCUT2D eigenvalue weighted by Crippen LogP contribution is 2.26. The molecule has 0 bridgehead atoms. The van der Waals surface area contributed by atoms with Crippen LogP contribution in [0, 0.1) is 0 Å². The van der Waals surface area contributed by atoms with E-state index in [0.717, 1.165) is 24.3 Å². The van der Waals surface area contributed by atoms with Crippen molar-refractivity contribution in [3.8, 4) is 0 Å². The van der Waals surface area contributed by atoms with Crippen LogP contribution < -0.4 is 10.6 Å². The summed E-state index contributed by atoms with van der Waals surface area (Å²) in [6.45, 7) is 6.38. The molecule has 0 spiro atoms. The Morgan fingerprint density at radius 3 is 2.30 bits per heavy atom. The van der Waals surface area contributed by atoms with Crippen molar-refractivity contribution in [1.29, 1.82) is 0 Å². The van der Waals surface area contributed by atoms with Crippen molar-refractivity contribution >= 4 is 23.3 Å². The number of benzene rings is 1. The van der Waals surface area contributed by atoms with Crippen LogP contribution in [0.3, 0.4) is 0 Å². The largest absolute Gasteiger partial charge is 0.450 e. The minimum Gasteiger partial charge on any atom is -0.450 e. The van der Waals surface area contributed by atoms with Crippen LogP contribution in [0.2, 0.25) is 0 Å². The van der Waals surface area contributed by atoms with Gasteiger partial charge in [0.1, 0.15) is 5.82 Å². The number of hydrogen-bond acceptors (Lipinski definition) is 4. The molecule has 1 heterocycles. The zero-order valence-corrected chi connectivity index (χ0v) is 13.8. The van der Waals surface area contributed by atoms with Gasteiger partial charge in [0.05, 0.1) is 18.5 Å². The van der Waals surface area contributed by atoms with E-state index in [9.17, 15) is 4.79 Å². The van der Waals surface area contributed by atoms with E-state index in [-0.39, 0.29) is 0 Å². The summed E-state index contributed by atoms with van der Waals surface area (Å²) in [6, 6.07) is 9.97. The maximum absolute atomic E-state index is 11.4. The second kappa shape index (κ2) is 8.17. The van der Waals surface area contributed by atoms with Crippen LogP contribution in [0.5, 0.6) is 0 Å². The van der Waals surface area contributed by atoms with Crippen molar-refractivity contribution in [3.63, 3.8) is 0 Å². The second-order valence-corrected chi connectivity index (χ2v) is 5.06. The van der Waals surface area contributed by atoms with Gasteiger partial charge in [-0.2, -0.15) is 0 Å². The number of nitrogens with zero attached hydrogens (tertiary/aromatic N) is 1. The Hall–Kier alpha value is -2.56. The molecule has 1 aromatic heterocycles. The first-order chi connectivity index (χ1) is 11.2. The predicted molar refractivity (Wildman–Crippen MR) is 93.4 cm³/mol. The smallest absolute Gasteiger partial charge is 0.411 e. The quantitative estimate of drug-likeness (QED) is 0.823. The molecule has 122 valence electrons. The topological polar surface area (TPSA) is 63.2 Å². The third-order valence-corrected chi connectivity index (χ3v) is 3.54. The Labute approximate surface area is 137 Å². The fourth-order valence-electron chi connectivity index (χ4n) is 2.36. The van der Waals surface area contributed by atoms with Crippen LogP contribution in [0.15, 0.2) is 36.5 Å². The number of anilines is 3.